The molecule has 3 rings (SSSR count). The number of rotatable bonds is 6. The Morgan fingerprint density at radius 2 is 2.13 bits per heavy atom. The molecule has 0 bridgehead atoms. The van der Waals surface area contributed by atoms with Crippen molar-refractivity contribution >= 4 is 22.9 Å². The zero-order chi connectivity index (χ0) is 22.7. The van der Waals surface area contributed by atoms with Gasteiger partial charge in [-0.05, 0) is 30.9 Å². The lowest BCUT2D eigenvalue weighted by molar-refractivity contribution is 0.0963. The van der Waals surface area contributed by atoms with E-state index in [0.717, 1.165) is 6.42 Å². The maximum absolute atomic E-state index is 14.2. The molecule has 31 heavy (non-hydrogen) atoms. The van der Waals surface area contributed by atoms with Gasteiger partial charge in [0, 0.05) is 25.4 Å². The number of aromatic nitrogens is 1. The van der Waals surface area contributed by atoms with Gasteiger partial charge in [0.05, 0.1) is 18.4 Å². The predicted octanol–water partition coefficient (Wildman–Crippen LogP) is 5.74. The lowest BCUT2D eigenvalue weighted by atomic mass is 9.92. The first-order valence-corrected chi connectivity index (χ1v) is 9.95. The minimum Gasteiger partial charge on any atom is -0.494 e. The van der Waals surface area contributed by atoms with Crippen molar-refractivity contribution in [2.24, 2.45) is 5.92 Å². The summed E-state index contributed by atoms with van der Waals surface area (Å²) in [5, 5.41) is 5.71. The highest BCUT2D eigenvalue weighted by Crippen LogP contribution is 2.51. The Balaban J connectivity index is 2.29. The van der Waals surface area contributed by atoms with E-state index in [2.05, 4.69) is 15.6 Å². The fourth-order valence-corrected chi connectivity index (χ4v) is 3.28. The number of anilines is 2. The van der Waals surface area contributed by atoms with Gasteiger partial charge >= 0.3 is 0 Å². The average Bonchev–Trinajstić information content (AvgIpc) is 2.78. The van der Waals surface area contributed by atoms with E-state index in [4.69, 9.17) is 9.47 Å². The molecule has 0 fully saturated rings. The lowest BCUT2D eigenvalue weighted by Gasteiger charge is -2.28. The smallest absolute Gasteiger partial charge is 0.254 e. The molecule has 0 aliphatic carbocycles. The topological polar surface area (TPSA) is 72.5 Å². The third kappa shape index (κ3) is 4.23. The molecule has 1 aliphatic rings. The van der Waals surface area contributed by atoms with Crippen LogP contribution in [0.5, 0.6) is 17.2 Å². The fourth-order valence-electron chi connectivity index (χ4n) is 3.28. The summed E-state index contributed by atoms with van der Waals surface area (Å²) < 4.78 is 39.6. The van der Waals surface area contributed by atoms with Crippen molar-refractivity contribution in [3.05, 3.63) is 53.4 Å². The molecular formula is C23H25F2N3O3. The Kier molecular flexibility index (Phi) is 6.58. The second-order valence-corrected chi connectivity index (χ2v) is 7.09. The van der Waals surface area contributed by atoms with Crippen LogP contribution < -0.4 is 20.1 Å². The number of nitrogens with one attached hydrogen (secondary N) is 2. The summed E-state index contributed by atoms with van der Waals surface area (Å²) in [6, 6.07) is 2.43. The minimum atomic E-state index is -0.546. The highest BCUT2D eigenvalue weighted by molar-refractivity contribution is 6.03. The molecule has 0 saturated carbocycles. The quantitative estimate of drug-likeness (QED) is 0.489. The van der Waals surface area contributed by atoms with Crippen molar-refractivity contribution in [2.75, 3.05) is 19.5 Å². The predicted molar refractivity (Wildman–Crippen MR) is 116 cm³/mol. The Labute approximate surface area is 180 Å². The number of carbonyl (C=O) groups excluding carboxylic acids is 1. The van der Waals surface area contributed by atoms with E-state index < -0.39 is 11.6 Å². The number of hydrogen-bond donors (Lipinski definition) is 2. The number of hydrogen-bond acceptors (Lipinski definition) is 5. The molecule has 2 aromatic rings. The number of fused-ring (bicyclic) bond motifs is 2. The van der Waals surface area contributed by atoms with Crippen molar-refractivity contribution in [3.8, 4) is 17.2 Å². The number of methoxy groups -OCH3 is 1. The monoisotopic (exact) mass is 429 g/mol. The minimum absolute atomic E-state index is 0.0554. The summed E-state index contributed by atoms with van der Waals surface area (Å²) in [7, 11) is 2.91. The summed E-state index contributed by atoms with van der Waals surface area (Å²) in [5.41, 5.74) is 1.93. The van der Waals surface area contributed by atoms with E-state index in [0.29, 0.717) is 22.6 Å². The van der Waals surface area contributed by atoms with Gasteiger partial charge < -0.3 is 20.1 Å². The molecule has 1 amide bonds. The van der Waals surface area contributed by atoms with E-state index in [-0.39, 0.29) is 34.6 Å². The molecule has 1 unspecified atom stereocenters. The first-order valence-electron chi connectivity index (χ1n) is 9.95. The molecule has 6 nitrogen and oxygen atoms in total. The second-order valence-electron chi connectivity index (χ2n) is 7.09. The van der Waals surface area contributed by atoms with Crippen LogP contribution in [0.15, 0.2) is 36.3 Å². The Morgan fingerprint density at radius 1 is 1.39 bits per heavy atom. The summed E-state index contributed by atoms with van der Waals surface area (Å²) >= 11 is 0. The first-order chi connectivity index (χ1) is 14.8. The Morgan fingerprint density at radius 3 is 2.74 bits per heavy atom. The zero-order valence-electron chi connectivity index (χ0n) is 18.1. The van der Waals surface area contributed by atoms with Crippen LogP contribution in [0.2, 0.25) is 0 Å². The highest BCUT2D eigenvalue weighted by Gasteiger charge is 2.30. The number of benzene rings is 1. The van der Waals surface area contributed by atoms with Crippen LogP contribution in [0.3, 0.4) is 0 Å². The molecule has 1 aromatic carbocycles. The number of amides is 1. The number of halogens is 2. The van der Waals surface area contributed by atoms with Gasteiger partial charge in [0.25, 0.3) is 5.91 Å². The van der Waals surface area contributed by atoms with Crippen LogP contribution in [-0.4, -0.2) is 25.0 Å². The molecule has 0 spiro atoms. The number of allylic oxidation sites excluding steroid dienone is 4. The highest BCUT2D eigenvalue weighted by atomic mass is 19.1. The molecule has 164 valence electrons. The van der Waals surface area contributed by atoms with Crippen molar-refractivity contribution in [1.82, 2.24) is 10.3 Å². The molecule has 0 saturated heterocycles. The number of nitrogens with zero attached hydrogens (tertiary/aromatic N) is 1. The third-order valence-electron chi connectivity index (χ3n) is 5.20. The molecule has 2 N–H and O–H groups in total. The summed E-state index contributed by atoms with van der Waals surface area (Å²) in [5.74, 6) is -0.786. The lowest BCUT2D eigenvalue weighted by Crippen LogP contribution is -2.21. The molecule has 2 heterocycles. The second kappa shape index (κ2) is 9.16. The average molecular weight is 429 g/mol. The van der Waals surface area contributed by atoms with Gasteiger partial charge in [0.2, 0.25) is 0 Å². The summed E-state index contributed by atoms with van der Waals surface area (Å²) in [4.78, 5) is 16.9. The van der Waals surface area contributed by atoms with E-state index in [1.165, 1.54) is 44.6 Å². The summed E-state index contributed by atoms with van der Waals surface area (Å²) in [6.07, 6.45) is 4.89. The van der Waals surface area contributed by atoms with Gasteiger partial charge in [-0.1, -0.05) is 19.9 Å². The number of pyridine rings is 1. The van der Waals surface area contributed by atoms with E-state index in [1.807, 2.05) is 13.8 Å². The molecular weight excluding hydrogens is 404 g/mol. The van der Waals surface area contributed by atoms with Gasteiger partial charge in [-0.25, -0.2) is 8.78 Å². The zero-order valence-corrected chi connectivity index (χ0v) is 18.1. The number of carbonyl (C=O) groups is 1. The molecule has 8 heteroatoms. The standard InChI is InChI=1S/C23H25F2N3O3/c1-6-12(3)15(8-13(24)7-2)19-22-20(16(11-27-19)23(29)26-4)28-21-17(30-5)9-14(25)10-18(21)31-22/h7-12,28H,6H2,1-5H3,(H,26,29)/b13-7+,15-8+. The van der Waals surface area contributed by atoms with Crippen LogP contribution in [0.1, 0.15) is 43.2 Å². The Bertz CT molecular complexity index is 1080. The first kappa shape index (κ1) is 22.3. The van der Waals surface area contributed by atoms with E-state index in [1.54, 1.807) is 6.92 Å². The van der Waals surface area contributed by atoms with Crippen molar-refractivity contribution in [2.45, 2.75) is 27.2 Å². The van der Waals surface area contributed by atoms with Crippen LogP contribution in [-0.2, 0) is 0 Å². The van der Waals surface area contributed by atoms with Gasteiger partial charge in [-0.15, -0.1) is 0 Å². The van der Waals surface area contributed by atoms with Crippen molar-refractivity contribution in [3.63, 3.8) is 0 Å². The normalized spacial score (nSPS) is 14.0. The van der Waals surface area contributed by atoms with Crippen LogP contribution in [0, 0.1) is 11.7 Å². The summed E-state index contributed by atoms with van der Waals surface area (Å²) in [6.45, 7) is 5.52. The maximum Gasteiger partial charge on any atom is 0.254 e. The SMILES string of the molecule is C/C=C(F)\C=C(\c1ncc(C(=O)NC)c2c1Oc1cc(F)cc(OC)c1N2)C(C)CC. The van der Waals surface area contributed by atoms with E-state index >= 15 is 0 Å². The van der Waals surface area contributed by atoms with Crippen LogP contribution in [0.25, 0.3) is 5.57 Å². The fraction of sp³-hybridized carbons (Fsp3) is 0.304. The van der Waals surface area contributed by atoms with Crippen LogP contribution in [0.4, 0.5) is 20.2 Å². The molecule has 1 aliphatic heterocycles. The van der Waals surface area contributed by atoms with E-state index in [9.17, 15) is 13.6 Å². The number of ether oxygens (including phenoxy) is 2. The van der Waals surface area contributed by atoms with Crippen LogP contribution >= 0.6 is 0 Å². The Hall–Kier alpha value is -3.42. The molecule has 1 atom stereocenters. The van der Waals surface area contributed by atoms with Gasteiger partial charge in [-0.3, -0.25) is 9.78 Å². The van der Waals surface area contributed by atoms with Gasteiger partial charge in [-0.2, -0.15) is 0 Å². The molecule has 0 radical (unpaired) electrons. The maximum atomic E-state index is 14.2. The molecule has 1 aromatic heterocycles. The van der Waals surface area contributed by atoms with Gasteiger partial charge in [0.15, 0.2) is 11.5 Å². The third-order valence-corrected chi connectivity index (χ3v) is 5.20. The van der Waals surface area contributed by atoms with Crippen molar-refractivity contribution in [1.29, 1.82) is 0 Å². The van der Waals surface area contributed by atoms with Crippen molar-refractivity contribution < 1.29 is 23.0 Å². The van der Waals surface area contributed by atoms with Gasteiger partial charge in [0.1, 0.15) is 28.8 Å². The largest absolute Gasteiger partial charge is 0.494 e.